The van der Waals surface area contributed by atoms with Crippen LogP contribution in [0.1, 0.15) is 15.9 Å². The Labute approximate surface area is 126 Å². The predicted molar refractivity (Wildman–Crippen MR) is 81.7 cm³/mol. The fraction of sp³-hybridized carbons (Fsp3) is 0. The summed E-state index contributed by atoms with van der Waals surface area (Å²) in [6, 6.07) is 15.2. The van der Waals surface area contributed by atoms with Gasteiger partial charge in [0, 0.05) is 23.3 Å². The maximum absolute atomic E-state index is 12.5. The quantitative estimate of drug-likeness (QED) is 0.655. The molecule has 0 saturated heterocycles. The zero-order chi connectivity index (χ0) is 15.9. The van der Waals surface area contributed by atoms with Gasteiger partial charge in [-0.25, -0.2) is 4.79 Å². The van der Waals surface area contributed by atoms with Gasteiger partial charge in [-0.2, -0.15) is 0 Å². The fourth-order valence-electron chi connectivity index (χ4n) is 1.86. The van der Waals surface area contributed by atoms with Crippen LogP contribution in [-0.4, -0.2) is 22.8 Å². The summed E-state index contributed by atoms with van der Waals surface area (Å²) in [6.07, 6.45) is 1.63. The number of aliphatic carboxylic acids is 1. The summed E-state index contributed by atoms with van der Waals surface area (Å²) < 4.78 is 0. The van der Waals surface area contributed by atoms with Crippen LogP contribution < -0.4 is 5.32 Å². The van der Waals surface area contributed by atoms with Crippen molar-refractivity contribution in [1.29, 1.82) is 0 Å². The number of para-hydroxylation sites is 1. The third kappa shape index (κ3) is 3.89. The molecular weight excluding hydrogens is 282 g/mol. The molecule has 5 nitrogen and oxygen atoms in total. The van der Waals surface area contributed by atoms with Crippen LogP contribution in [0.25, 0.3) is 0 Å². The van der Waals surface area contributed by atoms with Crippen LogP contribution in [0.2, 0.25) is 0 Å². The Morgan fingerprint density at radius 3 is 2.18 bits per heavy atom. The molecule has 1 amide bonds. The Kier molecular flexibility index (Phi) is 4.82. The van der Waals surface area contributed by atoms with Crippen molar-refractivity contribution < 1.29 is 19.5 Å². The Bertz CT molecular complexity index is 735. The van der Waals surface area contributed by atoms with E-state index in [2.05, 4.69) is 5.32 Å². The van der Waals surface area contributed by atoms with E-state index in [4.69, 9.17) is 5.11 Å². The molecule has 0 saturated carbocycles. The monoisotopic (exact) mass is 295 g/mol. The first-order valence-corrected chi connectivity index (χ1v) is 6.48. The SMILES string of the molecule is O=C(O)C=CC(=O)Nc1ccccc1C(=O)c1ccccc1. The van der Waals surface area contributed by atoms with E-state index in [1.807, 2.05) is 0 Å². The molecule has 0 atom stereocenters. The molecule has 0 unspecified atom stereocenters. The number of rotatable bonds is 5. The highest BCUT2D eigenvalue weighted by Crippen LogP contribution is 2.19. The molecule has 2 rings (SSSR count). The molecule has 0 aliphatic rings. The molecule has 2 aromatic carbocycles. The molecule has 2 N–H and O–H groups in total. The minimum atomic E-state index is -1.22. The first kappa shape index (κ1) is 15.2. The minimum Gasteiger partial charge on any atom is -0.478 e. The van der Waals surface area contributed by atoms with Crippen LogP contribution in [0.3, 0.4) is 0 Å². The van der Waals surface area contributed by atoms with Crippen molar-refractivity contribution in [2.45, 2.75) is 0 Å². The summed E-state index contributed by atoms with van der Waals surface area (Å²) in [5.74, 6) is -2.06. The minimum absolute atomic E-state index is 0.223. The average Bonchev–Trinajstić information content (AvgIpc) is 2.53. The number of carboxylic acid groups (broad SMARTS) is 1. The van der Waals surface area contributed by atoms with Gasteiger partial charge in [-0.3, -0.25) is 9.59 Å². The molecule has 0 bridgehead atoms. The van der Waals surface area contributed by atoms with Gasteiger partial charge < -0.3 is 10.4 Å². The van der Waals surface area contributed by atoms with Gasteiger partial charge in [0.2, 0.25) is 5.91 Å². The highest BCUT2D eigenvalue weighted by molar-refractivity contribution is 6.14. The number of hydrogen-bond acceptors (Lipinski definition) is 3. The van der Waals surface area contributed by atoms with Crippen molar-refractivity contribution in [1.82, 2.24) is 0 Å². The summed E-state index contributed by atoms with van der Waals surface area (Å²) in [5, 5.41) is 11.0. The Hall–Kier alpha value is -3.21. The van der Waals surface area contributed by atoms with E-state index in [1.165, 1.54) is 0 Å². The number of carboxylic acids is 1. The fourth-order valence-corrected chi connectivity index (χ4v) is 1.86. The van der Waals surface area contributed by atoms with Gasteiger partial charge >= 0.3 is 5.97 Å². The Morgan fingerprint density at radius 2 is 1.50 bits per heavy atom. The van der Waals surface area contributed by atoms with Crippen molar-refractivity contribution in [3.05, 3.63) is 77.9 Å². The van der Waals surface area contributed by atoms with Crippen LogP contribution in [-0.2, 0) is 9.59 Å². The van der Waals surface area contributed by atoms with Gasteiger partial charge in [-0.15, -0.1) is 0 Å². The zero-order valence-electron chi connectivity index (χ0n) is 11.5. The molecular formula is C17H13NO4. The van der Waals surface area contributed by atoms with E-state index in [-0.39, 0.29) is 5.78 Å². The summed E-state index contributed by atoms with van der Waals surface area (Å²) in [7, 11) is 0. The molecule has 2 aromatic rings. The van der Waals surface area contributed by atoms with Crippen LogP contribution in [0, 0.1) is 0 Å². The van der Waals surface area contributed by atoms with Gasteiger partial charge in [0.15, 0.2) is 5.78 Å². The first-order valence-electron chi connectivity index (χ1n) is 6.48. The van der Waals surface area contributed by atoms with Crippen molar-refractivity contribution >= 4 is 23.3 Å². The lowest BCUT2D eigenvalue weighted by atomic mass is 10.0. The number of ketones is 1. The van der Waals surface area contributed by atoms with Crippen LogP contribution in [0.5, 0.6) is 0 Å². The van der Waals surface area contributed by atoms with Crippen molar-refractivity contribution in [2.24, 2.45) is 0 Å². The molecule has 0 aromatic heterocycles. The molecule has 110 valence electrons. The van der Waals surface area contributed by atoms with Crippen molar-refractivity contribution in [3.8, 4) is 0 Å². The number of carbonyl (C=O) groups is 3. The van der Waals surface area contributed by atoms with E-state index in [0.29, 0.717) is 16.8 Å². The molecule has 0 spiro atoms. The molecule has 0 radical (unpaired) electrons. The van der Waals surface area contributed by atoms with Crippen molar-refractivity contribution in [2.75, 3.05) is 5.32 Å². The maximum atomic E-state index is 12.5. The second kappa shape index (κ2) is 6.99. The number of carbonyl (C=O) groups excluding carboxylic acids is 2. The number of benzene rings is 2. The number of hydrogen-bond donors (Lipinski definition) is 2. The van der Waals surface area contributed by atoms with Gasteiger partial charge in [0.1, 0.15) is 0 Å². The van der Waals surface area contributed by atoms with E-state index >= 15 is 0 Å². The lowest BCUT2D eigenvalue weighted by Crippen LogP contribution is -2.13. The topological polar surface area (TPSA) is 83.5 Å². The van der Waals surface area contributed by atoms with Crippen LogP contribution in [0.4, 0.5) is 5.69 Å². The van der Waals surface area contributed by atoms with Gasteiger partial charge in [0.05, 0.1) is 5.69 Å². The molecule has 22 heavy (non-hydrogen) atoms. The largest absolute Gasteiger partial charge is 0.478 e. The van der Waals surface area contributed by atoms with Crippen LogP contribution >= 0.6 is 0 Å². The number of anilines is 1. The lowest BCUT2D eigenvalue weighted by molar-refractivity contribution is -0.131. The number of nitrogens with one attached hydrogen (secondary N) is 1. The van der Waals surface area contributed by atoms with E-state index in [1.54, 1.807) is 54.6 Å². The van der Waals surface area contributed by atoms with E-state index in [9.17, 15) is 14.4 Å². The summed E-state index contributed by atoms with van der Waals surface area (Å²) in [4.78, 5) is 34.5. The Balaban J connectivity index is 2.26. The van der Waals surface area contributed by atoms with Gasteiger partial charge in [-0.05, 0) is 12.1 Å². The Morgan fingerprint density at radius 1 is 0.864 bits per heavy atom. The molecule has 0 aliphatic heterocycles. The number of amides is 1. The zero-order valence-corrected chi connectivity index (χ0v) is 11.5. The van der Waals surface area contributed by atoms with Crippen LogP contribution in [0.15, 0.2) is 66.7 Å². The molecule has 0 fully saturated rings. The normalized spacial score (nSPS) is 10.4. The summed E-state index contributed by atoms with van der Waals surface area (Å²) in [5.41, 5.74) is 1.17. The van der Waals surface area contributed by atoms with E-state index < -0.39 is 11.9 Å². The summed E-state index contributed by atoms with van der Waals surface area (Å²) in [6.45, 7) is 0. The second-order valence-corrected chi connectivity index (χ2v) is 4.40. The lowest BCUT2D eigenvalue weighted by Gasteiger charge is -2.09. The predicted octanol–water partition coefficient (Wildman–Crippen LogP) is 2.50. The van der Waals surface area contributed by atoms with Gasteiger partial charge in [-0.1, -0.05) is 42.5 Å². The highest BCUT2D eigenvalue weighted by atomic mass is 16.4. The maximum Gasteiger partial charge on any atom is 0.328 e. The first-order chi connectivity index (χ1) is 10.6. The second-order valence-electron chi connectivity index (χ2n) is 4.40. The average molecular weight is 295 g/mol. The standard InChI is InChI=1S/C17H13NO4/c19-15(10-11-16(20)21)18-14-9-5-4-8-13(14)17(22)12-6-2-1-3-7-12/h1-11H,(H,18,19)(H,20,21). The smallest absolute Gasteiger partial charge is 0.328 e. The summed E-state index contributed by atoms with van der Waals surface area (Å²) >= 11 is 0. The highest BCUT2D eigenvalue weighted by Gasteiger charge is 2.13. The third-order valence-corrected chi connectivity index (χ3v) is 2.84. The third-order valence-electron chi connectivity index (χ3n) is 2.84. The van der Waals surface area contributed by atoms with E-state index in [0.717, 1.165) is 12.2 Å². The molecule has 0 heterocycles. The van der Waals surface area contributed by atoms with Crippen molar-refractivity contribution in [3.63, 3.8) is 0 Å². The molecule has 5 heteroatoms. The van der Waals surface area contributed by atoms with Gasteiger partial charge in [0.25, 0.3) is 0 Å². The molecule has 0 aliphatic carbocycles.